The van der Waals surface area contributed by atoms with Crippen molar-refractivity contribution in [2.75, 3.05) is 0 Å². The largest absolute Gasteiger partial charge is 0.435 e. The molecule has 6 nitrogen and oxygen atoms in total. The second-order valence-electron chi connectivity index (χ2n) is 6.71. The Hall–Kier alpha value is -2.68. The fourth-order valence-electron chi connectivity index (χ4n) is 3.11. The van der Waals surface area contributed by atoms with Gasteiger partial charge in [0.05, 0.1) is 5.25 Å². The number of Topliss-reactive ketones (excluding diaryl/α,β-unsaturated/α-hetero) is 1. The molecule has 0 bridgehead atoms. The van der Waals surface area contributed by atoms with Crippen molar-refractivity contribution in [2.24, 2.45) is 7.05 Å². The number of aromatic nitrogens is 4. The molecule has 0 aliphatic rings. The first-order chi connectivity index (χ1) is 13.7. The summed E-state index contributed by atoms with van der Waals surface area (Å²) in [7, 11) is 1.86. The molecule has 3 rings (SSSR count). The number of nitrogens with zero attached hydrogens (tertiary/aromatic N) is 4. The zero-order valence-electron chi connectivity index (χ0n) is 16.8. The van der Waals surface area contributed by atoms with Gasteiger partial charge in [0.15, 0.2) is 10.9 Å². The molecule has 0 spiro atoms. The van der Waals surface area contributed by atoms with Gasteiger partial charge in [-0.25, -0.2) is 0 Å². The van der Waals surface area contributed by atoms with Crippen LogP contribution in [0.4, 0.5) is 8.78 Å². The molecule has 0 amide bonds. The Kier molecular flexibility index (Phi) is 6.07. The lowest BCUT2D eigenvalue weighted by molar-refractivity contribution is -0.0498. The fourth-order valence-corrected chi connectivity index (χ4v) is 4.04. The number of benzene rings is 1. The Morgan fingerprint density at radius 3 is 2.34 bits per heavy atom. The summed E-state index contributed by atoms with van der Waals surface area (Å²) in [5.74, 6) is 0.865. The number of hydrogen-bond donors (Lipinski definition) is 0. The summed E-state index contributed by atoms with van der Waals surface area (Å²) in [5, 5.41) is 8.47. The average molecular weight is 420 g/mol. The van der Waals surface area contributed by atoms with E-state index in [0.29, 0.717) is 10.7 Å². The number of aryl methyl sites for hydroxylation is 2. The molecule has 0 unspecified atom stereocenters. The fraction of sp³-hybridized carbons (Fsp3) is 0.350. The highest BCUT2D eigenvalue weighted by molar-refractivity contribution is 8.00. The van der Waals surface area contributed by atoms with Crippen LogP contribution >= 0.6 is 11.8 Å². The number of thioether (sulfide) groups is 1. The molecule has 9 heteroatoms. The van der Waals surface area contributed by atoms with Crippen LogP contribution in [0.5, 0.6) is 5.75 Å². The van der Waals surface area contributed by atoms with Gasteiger partial charge in [0.1, 0.15) is 11.6 Å². The van der Waals surface area contributed by atoms with Crippen LogP contribution in [0.25, 0.3) is 5.69 Å². The second kappa shape index (κ2) is 8.36. The number of ether oxygens (including phenoxy) is 1. The third kappa shape index (κ3) is 4.34. The lowest BCUT2D eigenvalue weighted by atomic mass is 10.1. The zero-order chi connectivity index (χ0) is 21.3. The Morgan fingerprint density at radius 1 is 1.14 bits per heavy atom. The first-order valence-electron chi connectivity index (χ1n) is 9.00. The molecule has 154 valence electrons. The van der Waals surface area contributed by atoms with E-state index in [1.807, 2.05) is 49.9 Å². The van der Waals surface area contributed by atoms with Crippen molar-refractivity contribution in [3.8, 4) is 11.4 Å². The molecule has 1 aromatic carbocycles. The van der Waals surface area contributed by atoms with E-state index in [0.717, 1.165) is 22.9 Å². The molecule has 0 N–H and O–H groups in total. The zero-order valence-corrected chi connectivity index (χ0v) is 17.6. The maximum absolute atomic E-state index is 13.1. The van der Waals surface area contributed by atoms with Gasteiger partial charge in [-0.05, 0) is 58.0 Å². The van der Waals surface area contributed by atoms with Crippen LogP contribution in [0.2, 0.25) is 0 Å². The van der Waals surface area contributed by atoms with Crippen molar-refractivity contribution in [1.82, 2.24) is 19.3 Å². The summed E-state index contributed by atoms with van der Waals surface area (Å²) in [6.07, 6.45) is 0. The van der Waals surface area contributed by atoms with Crippen LogP contribution in [-0.2, 0) is 7.05 Å². The van der Waals surface area contributed by atoms with Crippen molar-refractivity contribution in [1.29, 1.82) is 0 Å². The minimum Gasteiger partial charge on any atom is -0.435 e. The first-order valence-corrected chi connectivity index (χ1v) is 9.88. The van der Waals surface area contributed by atoms with Crippen molar-refractivity contribution in [3.63, 3.8) is 0 Å². The van der Waals surface area contributed by atoms with E-state index in [2.05, 4.69) is 14.9 Å². The first kappa shape index (κ1) is 21.0. The van der Waals surface area contributed by atoms with Gasteiger partial charge < -0.3 is 13.9 Å². The molecule has 2 heterocycles. The molecule has 0 saturated carbocycles. The van der Waals surface area contributed by atoms with Crippen LogP contribution in [-0.4, -0.2) is 37.0 Å². The topological polar surface area (TPSA) is 61.9 Å². The summed E-state index contributed by atoms with van der Waals surface area (Å²) < 4.78 is 32.9. The van der Waals surface area contributed by atoms with Gasteiger partial charge in [-0.15, -0.1) is 10.2 Å². The molecule has 0 aliphatic heterocycles. The molecule has 0 radical (unpaired) electrons. The van der Waals surface area contributed by atoms with Crippen LogP contribution in [0.15, 0.2) is 35.5 Å². The molecule has 0 fully saturated rings. The molecule has 0 aliphatic carbocycles. The van der Waals surface area contributed by atoms with E-state index >= 15 is 0 Å². The smallest absolute Gasteiger partial charge is 0.387 e. The van der Waals surface area contributed by atoms with Gasteiger partial charge in [0.2, 0.25) is 0 Å². The Balaban J connectivity index is 1.84. The monoisotopic (exact) mass is 420 g/mol. The molecular weight excluding hydrogens is 398 g/mol. The lowest BCUT2D eigenvalue weighted by Crippen LogP contribution is -2.15. The summed E-state index contributed by atoms with van der Waals surface area (Å²) in [5.41, 5.74) is 3.05. The van der Waals surface area contributed by atoms with Crippen molar-refractivity contribution in [3.05, 3.63) is 53.1 Å². The number of carbonyl (C=O) groups excluding carboxylic acids is 1. The van der Waals surface area contributed by atoms with E-state index in [-0.39, 0.29) is 16.8 Å². The van der Waals surface area contributed by atoms with Gasteiger partial charge in [-0.1, -0.05) is 11.8 Å². The third-order valence-electron chi connectivity index (χ3n) is 4.72. The highest BCUT2D eigenvalue weighted by Gasteiger charge is 2.24. The Labute approximate surface area is 171 Å². The van der Waals surface area contributed by atoms with Crippen molar-refractivity contribution < 1.29 is 18.3 Å². The molecule has 2 aromatic heterocycles. The quantitative estimate of drug-likeness (QED) is 0.416. The van der Waals surface area contributed by atoms with E-state index < -0.39 is 6.61 Å². The van der Waals surface area contributed by atoms with Crippen LogP contribution in [0.3, 0.4) is 0 Å². The minimum absolute atomic E-state index is 0.00680. The highest BCUT2D eigenvalue weighted by Crippen LogP contribution is 2.28. The van der Waals surface area contributed by atoms with Gasteiger partial charge >= 0.3 is 6.61 Å². The highest BCUT2D eigenvalue weighted by atomic mass is 32.2. The van der Waals surface area contributed by atoms with Crippen LogP contribution in [0, 0.1) is 20.8 Å². The summed E-state index contributed by atoms with van der Waals surface area (Å²) in [6.45, 7) is 4.61. The third-order valence-corrected chi connectivity index (χ3v) is 5.85. The number of carbonyl (C=O) groups is 1. The van der Waals surface area contributed by atoms with Gasteiger partial charge in [0.25, 0.3) is 0 Å². The molecular formula is C20H22F2N4O2S. The van der Waals surface area contributed by atoms with E-state index in [4.69, 9.17) is 0 Å². The molecule has 29 heavy (non-hydrogen) atoms. The number of halogens is 2. The SMILES string of the molecule is Cc1nnc(S[C@H](C)C(=O)c2cc(C)n(-c3ccc(OC(F)F)cc3)c2C)n1C. The minimum atomic E-state index is -2.86. The number of hydrogen-bond acceptors (Lipinski definition) is 5. The maximum atomic E-state index is 13.1. The van der Waals surface area contributed by atoms with Gasteiger partial charge in [-0.2, -0.15) is 8.78 Å². The Morgan fingerprint density at radius 2 is 1.79 bits per heavy atom. The number of rotatable bonds is 7. The van der Waals surface area contributed by atoms with Gasteiger partial charge in [0, 0.05) is 29.7 Å². The average Bonchev–Trinajstić information content (AvgIpc) is 3.14. The van der Waals surface area contributed by atoms with Crippen molar-refractivity contribution in [2.45, 2.75) is 44.7 Å². The predicted molar refractivity (Wildman–Crippen MR) is 107 cm³/mol. The predicted octanol–water partition coefficient (Wildman–Crippen LogP) is 4.50. The Bertz CT molecular complexity index is 1030. The van der Waals surface area contributed by atoms with E-state index in [1.165, 1.54) is 23.9 Å². The van der Waals surface area contributed by atoms with Gasteiger partial charge in [-0.3, -0.25) is 4.79 Å². The second-order valence-corrected chi connectivity index (χ2v) is 8.01. The summed E-state index contributed by atoms with van der Waals surface area (Å²) >= 11 is 1.36. The van der Waals surface area contributed by atoms with Crippen LogP contribution in [0.1, 0.15) is 34.5 Å². The normalized spacial score (nSPS) is 12.4. The summed E-state index contributed by atoms with van der Waals surface area (Å²) in [6, 6.07) is 8.19. The summed E-state index contributed by atoms with van der Waals surface area (Å²) in [4.78, 5) is 13.1. The van der Waals surface area contributed by atoms with Crippen LogP contribution < -0.4 is 4.74 Å². The molecule has 0 saturated heterocycles. The standard InChI is InChI=1S/C20H22F2N4O2S/c1-11-10-17(18(27)13(3)29-20-24-23-14(4)25(20)5)12(2)26(11)15-6-8-16(9-7-15)28-19(21)22/h6-10,13,19H,1-5H3/t13-/m1/s1. The number of ketones is 1. The number of alkyl halides is 2. The van der Waals surface area contributed by atoms with E-state index in [1.54, 1.807) is 12.1 Å². The molecule has 3 aromatic rings. The lowest BCUT2D eigenvalue weighted by Gasteiger charge is -2.12. The molecule has 1 atom stereocenters. The van der Waals surface area contributed by atoms with E-state index in [9.17, 15) is 13.6 Å². The van der Waals surface area contributed by atoms with Crippen molar-refractivity contribution >= 4 is 17.5 Å². The maximum Gasteiger partial charge on any atom is 0.387 e.